The molecule has 2 N–H and O–H groups in total. The number of rotatable bonds is 12. The molecule has 21 heavy (non-hydrogen) atoms. The van der Waals surface area contributed by atoms with Crippen molar-refractivity contribution in [2.75, 3.05) is 47.1 Å². The molecule has 0 heterocycles. The van der Waals surface area contributed by atoms with Crippen molar-refractivity contribution in [1.82, 2.24) is 10.6 Å². The summed E-state index contributed by atoms with van der Waals surface area (Å²) in [5, 5.41) is 6.65. The van der Waals surface area contributed by atoms with Crippen molar-refractivity contribution >= 4 is 29.9 Å². The SMILES string of the molecule is CCCCC(CC)CNC(=NC)NCCOCCOC.I. The number of unbranched alkanes of at least 4 members (excludes halogenated alkanes) is 1. The molecule has 0 spiro atoms. The molecule has 0 aromatic carbocycles. The first-order chi connectivity index (χ1) is 9.78. The fourth-order valence-corrected chi connectivity index (χ4v) is 1.89. The van der Waals surface area contributed by atoms with Crippen molar-refractivity contribution in [3.63, 3.8) is 0 Å². The van der Waals surface area contributed by atoms with Crippen molar-refractivity contribution in [3.05, 3.63) is 0 Å². The molecule has 0 aliphatic heterocycles. The molecule has 1 atom stereocenters. The van der Waals surface area contributed by atoms with E-state index in [2.05, 4.69) is 29.5 Å². The minimum absolute atomic E-state index is 0. The Balaban J connectivity index is 0. The Bertz CT molecular complexity index is 241. The van der Waals surface area contributed by atoms with E-state index in [-0.39, 0.29) is 24.0 Å². The highest BCUT2D eigenvalue weighted by Crippen LogP contribution is 2.10. The van der Waals surface area contributed by atoms with E-state index >= 15 is 0 Å². The van der Waals surface area contributed by atoms with Gasteiger partial charge in [-0.3, -0.25) is 4.99 Å². The molecule has 5 nitrogen and oxygen atoms in total. The van der Waals surface area contributed by atoms with Gasteiger partial charge in [0.05, 0.1) is 19.8 Å². The molecule has 1 unspecified atom stereocenters. The number of hydrogen-bond acceptors (Lipinski definition) is 3. The first-order valence-corrected chi connectivity index (χ1v) is 7.79. The van der Waals surface area contributed by atoms with Crippen LogP contribution in [0.3, 0.4) is 0 Å². The van der Waals surface area contributed by atoms with Gasteiger partial charge >= 0.3 is 0 Å². The lowest BCUT2D eigenvalue weighted by atomic mass is 9.99. The number of ether oxygens (including phenoxy) is 2. The highest BCUT2D eigenvalue weighted by atomic mass is 127. The first-order valence-electron chi connectivity index (χ1n) is 7.79. The monoisotopic (exact) mass is 415 g/mol. The Labute approximate surface area is 147 Å². The molecule has 0 aromatic rings. The fourth-order valence-electron chi connectivity index (χ4n) is 1.89. The number of methoxy groups -OCH3 is 1. The number of halogens is 1. The molecule has 0 radical (unpaired) electrons. The molecule has 0 fully saturated rings. The van der Waals surface area contributed by atoms with Crippen molar-refractivity contribution in [2.24, 2.45) is 10.9 Å². The van der Waals surface area contributed by atoms with Crippen LogP contribution in [0.5, 0.6) is 0 Å². The summed E-state index contributed by atoms with van der Waals surface area (Å²) in [5.74, 6) is 1.58. The normalized spacial score (nSPS) is 12.7. The lowest BCUT2D eigenvalue weighted by Crippen LogP contribution is -2.41. The average molecular weight is 415 g/mol. The summed E-state index contributed by atoms with van der Waals surface area (Å²) in [6, 6.07) is 0. The van der Waals surface area contributed by atoms with E-state index in [4.69, 9.17) is 9.47 Å². The number of aliphatic imine (C=N–C) groups is 1. The van der Waals surface area contributed by atoms with E-state index < -0.39 is 0 Å². The summed E-state index contributed by atoms with van der Waals surface area (Å²) in [6.07, 6.45) is 5.07. The van der Waals surface area contributed by atoms with Crippen LogP contribution in [0.4, 0.5) is 0 Å². The van der Waals surface area contributed by atoms with Crippen LogP contribution in [0, 0.1) is 5.92 Å². The summed E-state index contributed by atoms with van der Waals surface area (Å²) in [4.78, 5) is 4.22. The molecule has 0 aromatic heterocycles. The first kappa shape index (κ1) is 23.2. The molecule has 0 aliphatic carbocycles. The number of guanidine groups is 1. The predicted molar refractivity (Wildman–Crippen MR) is 101 cm³/mol. The second-order valence-electron chi connectivity index (χ2n) is 4.90. The Morgan fingerprint density at radius 1 is 1.14 bits per heavy atom. The van der Waals surface area contributed by atoms with E-state index in [0.717, 1.165) is 25.0 Å². The quantitative estimate of drug-likeness (QED) is 0.223. The third-order valence-corrected chi connectivity index (χ3v) is 3.30. The van der Waals surface area contributed by atoms with Crippen LogP contribution >= 0.6 is 24.0 Å². The molecule has 0 aliphatic rings. The molecule has 0 bridgehead atoms. The lowest BCUT2D eigenvalue weighted by molar-refractivity contribution is 0.0733. The van der Waals surface area contributed by atoms with Gasteiger partial charge in [-0.1, -0.05) is 33.1 Å². The lowest BCUT2D eigenvalue weighted by Gasteiger charge is -2.18. The second kappa shape index (κ2) is 18.0. The van der Waals surface area contributed by atoms with Crippen molar-refractivity contribution in [1.29, 1.82) is 0 Å². The Kier molecular flexibility index (Phi) is 19.8. The maximum atomic E-state index is 5.40. The maximum absolute atomic E-state index is 5.40. The van der Waals surface area contributed by atoms with Crippen LogP contribution in [-0.2, 0) is 9.47 Å². The van der Waals surface area contributed by atoms with Crippen molar-refractivity contribution in [3.8, 4) is 0 Å². The Morgan fingerprint density at radius 3 is 2.48 bits per heavy atom. The number of nitrogens with one attached hydrogen (secondary N) is 2. The zero-order valence-corrected chi connectivity index (χ0v) is 16.4. The van der Waals surface area contributed by atoms with Gasteiger partial charge in [0, 0.05) is 27.2 Å². The van der Waals surface area contributed by atoms with Gasteiger partial charge in [-0.25, -0.2) is 0 Å². The third-order valence-electron chi connectivity index (χ3n) is 3.30. The zero-order chi connectivity index (χ0) is 15.1. The minimum Gasteiger partial charge on any atom is -0.382 e. The van der Waals surface area contributed by atoms with Crippen LogP contribution in [0.1, 0.15) is 39.5 Å². The fraction of sp³-hybridized carbons (Fsp3) is 0.933. The van der Waals surface area contributed by atoms with Crippen LogP contribution < -0.4 is 10.6 Å². The van der Waals surface area contributed by atoms with Gasteiger partial charge in [-0.2, -0.15) is 0 Å². The Morgan fingerprint density at radius 2 is 1.90 bits per heavy atom. The van der Waals surface area contributed by atoms with E-state index in [1.807, 2.05) is 0 Å². The highest BCUT2D eigenvalue weighted by molar-refractivity contribution is 14.0. The Hall–Kier alpha value is -0.0800. The molecule has 0 saturated carbocycles. The summed E-state index contributed by atoms with van der Waals surface area (Å²) < 4.78 is 10.3. The number of hydrogen-bond donors (Lipinski definition) is 2. The topological polar surface area (TPSA) is 54.9 Å². The maximum Gasteiger partial charge on any atom is 0.191 e. The van der Waals surface area contributed by atoms with E-state index in [1.165, 1.54) is 25.7 Å². The van der Waals surface area contributed by atoms with Gasteiger partial charge in [0.1, 0.15) is 0 Å². The largest absolute Gasteiger partial charge is 0.382 e. The molecule has 0 rings (SSSR count). The van der Waals surface area contributed by atoms with E-state index in [9.17, 15) is 0 Å². The van der Waals surface area contributed by atoms with Crippen molar-refractivity contribution < 1.29 is 9.47 Å². The van der Waals surface area contributed by atoms with Crippen LogP contribution in [0.15, 0.2) is 4.99 Å². The van der Waals surface area contributed by atoms with Crippen molar-refractivity contribution in [2.45, 2.75) is 39.5 Å². The van der Waals surface area contributed by atoms with E-state index in [1.54, 1.807) is 14.2 Å². The average Bonchev–Trinajstić information content (AvgIpc) is 2.48. The molecular formula is C15H34IN3O2. The summed E-state index contributed by atoms with van der Waals surface area (Å²) >= 11 is 0. The predicted octanol–water partition coefficient (Wildman–Crippen LogP) is 2.65. The summed E-state index contributed by atoms with van der Waals surface area (Å²) in [7, 11) is 3.48. The van der Waals surface area contributed by atoms with Gasteiger partial charge in [0.25, 0.3) is 0 Å². The highest BCUT2D eigenvalue weighted by Gasteiger charge is 2.06. The third kappa shape index (κ3) is 14.6. The van der Waals surface area contributed by atoms with Gasteiger partial charge in [0.15, 0.2) is 5.96 Å². The summed E-state index contributed by atoms with van der Waals surface area (Å²) in [6.45, 7) is 8.18. The smallest absolute Gasteiger partial charge is 0.191 e. The van der Waals surface area contributed by atoms with Gasteiger partial charge in [0.2, 0.25) is 0 Å². The zero-order valence-electron chi connectivity index (χ0n) is 14.1. The molecule has 0 amide bonds. The molecular weight excluding hydrogens is 381 g/mol. The molecule has 128 valence electrons. The minimum atomic E-state index is 0. The number of nitrogens with zero attached hydrogens (tertiary/aromatic N) is 1. The van der Waals surface area contributed by atoms with Gasteiger partial charge in [-0.05, 0) is 12.3 Å². The van der Waals surface area contributed by atoms with Gasteiger partial charge < -0.3 is 20.1 Å². The van der Waals surface area contributed by atoms with Crippen LogP contribution in [-0.4, -0.2) is 53.0 Å². The molecule has 6 heteroatoms. The second-order valence-corrected chi connectivity index (χ2v) is 4.90. The van der Waals surface area contributed by atoms with Gasteiger partial charge in [-0.15, -0.1) is 24.0 Å². The van der Waals surface area contributed by atoms with Crippen LogP contribution in [0.2, 0.25) is 0 Å². The molecule has 0 saturated heterocycles. The standard InChI is InChI=1S/C15H33N3O2.HI/c1-5-7-8-14(6-2)13-18-15(16-3)17-9-10-20-12-11-19-4;/h14H,5-13H2,1-4H3,(H2,16,17,18);1H. The van der Waals surface area contributed by atoms with Crippen LogP contribution in [0.25, 0.3) is 0 Å². The van der Waals surface area contributed by atoms with E-state index in [0.29, 0.717) is 19.8 Å². The summed E-state index contributed by atoms with van der Waals surface area (Å²) in [5.41, 5.74) is 0.